The molecule has 3 aromatic rings. The van der Waals surface area contributed by atoms with Gasteiger partial charge < -0.3 is 9.74 Å². The maximum atomic E-state index is 7.50. The molecule has 3 heteroatoms. The minimum atomic E-state index is -2.12. The van der Waals surface area contributed by atoms with Gasteiger partial charge in [-0.05, 0) is 40.9 Å². The molecular formula is C27H33NOSi. The summed E-state index contributed by atoms with van der Waals surface area (Å²) in [4.78, 5) is 0. The molecule has 0 amide bonds. The largest absolute Gasteiger partial charge is 0.403 e. The first-order chi connectivity index (χ1) is 14.3. The molecule has 1 N–H and O–H groups in total. The van der Waals surface area contributed by atoms with E-state index < -0.39 is 13.9 Å². The Hall–Kier alpha value is -2.36. The number of anilines is 1. The van der Waals surface area contributed by atoms with Gasteiger partial charge in [-0.1, -0.05) is 99.6 Å². The van der Waals surface area contributed by atoms with Crippen LogP contribution in [-0.4, -0.2) is 14.9 Å². The summed E-state index contributed by atoms with van der Waals surface area (Å²) in [6, 6.07) is 30.4. The average molecular weight is 416 g/mol. The van der Waals surface area contributed by atoms with Gasteiger partial charge in [0.05, 0.1) is 0 Å². The molecule has 1 atom stereocenters. The van der Waals surface area contributed by atoms with Gasteiger partial charge in [0, 0.05) is 18.2 Å². The molecule has 3 aromatic carbocycles. The van der Waals surface area contributed by atoms with Crippen LogP contribution in [-0.2, 0) is 10.0 Å². The number of para-hydroxylation sites is 1. The summed E-state index contributed by atoms with van der Waals surface area (Å²) in [5.41, 5.74) is 4.46. The van der Waals surface area contributed by atoms with Crippen molar-refractivity contribution >= 4 is 14.0 Å². The van der Waals surface area contributed by atoms with Gasteiger partial charge in [0.25, 0.3) is 0 Å². The number of fused-ring (bicyclic) bond motifs is 1. The highest BCUT2D eigenvalue weighted by Gasteiger charge is 2.52. The van der Waals surface area contributed by atoms with Gasteiger partial charge in [-0.2, -0.15) is 0 Å². The number of rotatable bonds is 5. The van der Waals surface area contributed by atoms with Gasteiger partial charge >= 0.3 is 0 Å². The van der Waals surface area contributed by atoms with E-state index in [4.69, 9.17) is 4.43 Å². The molecule has 4 rings (SSSR count). The Balaban J connectivity index is 2.00. The second kappa shape index (κ2) is 7.71. The molecule has 0 fully saturated rings. The third kappa shape index (κ3) is 3.50. The number of hydrogen-bond donors (Lipinski definition) is 1. The van der Waals surface area contributed by atoms with Crippen LogP contribution in [0.2, 0.25) is 18.1 Å². The van der Waals surface area contributed by atoms with Crippen LogP contribution in [0.4, 0.5) is 5.69 Å². The monoisotopic (exact) mass is 415 g/mol. The molecule has 1 unspecified atom stereocenters. The molecule has 0 aromatic heterocycles. The average Bonchev–Trinajstić information content (AvgIpc) is 3.17. The number of benzene rings is 3. The van der Waals surface area contributed by atoms with Crippen LogP contribution in [0.1, 0.15) is 43.4 Å². The summed E-state index contributed by atoms with van der Waals surface area (Å²) in [5.74, 6) is 0.188. The molecule has 0 aliphatic carbocycles. The van der Waals surface area contributed by atoms with Crippen molar-refractivity contribution in [2.45, 2.75) is 50.4 Å². The summed E-state index contributed by atoms with van der Waals surface area (Å²) in [6.07, 6.45) is 0. The fraction of sp³-hybridized carbons (Fsp3) is 0.333. The third-order valence-corrected chi connectivity index (χ3v) is 11.4. The normalized spacial score (nSPS) is 16.8. The molecule has 1 heterocycles. The molecule has 0 bridgehead atoms. The predicted octanol–water partition coefficient (Wildman–Crippen LogP) is 7.16. The lowest BCUT2D eigenvalue weighted by atomic mass is 9.74. The van der Waals surface area contributed by atoms with Crippen LogP contribution >= 0.6 is 0 Å². The van der Waals surface area contributed by atoms with Crippen molar-refractivity contribution in [1.82, 2.24) is 0 Å². The molecule has 0 spiro atoms. The van der Waals surface area contributed by atoms with Crippen LogP contribution in [0.15, 0.2) is 84.9 Å². The fourth-order valence-corrected chi connectivity index (χ4v) is 5.82. The van der Waals surface area contributed by atoms with Crippen molar-refractivity contribution in [3.05, 3.63) is 102 Å². The molecule has 30 heavy (non-hydrogen) atoms. The predicted molar refractivity (Wildman–Crippen MR) is 130 cm³/mol. The molecule has 156 valence electrons. The summed E-state index contributed by atoms with van der Waals surface area (Å²) in [5, 5.41) is 3.76. The van der Waals surface area contributed by atoms with Gasteiger partial charge in [-0.3, -0.25) is 0 Å². The van der Waals surface area contributed by atoms with Crippen LogP contribution in [0, 0.1) is 0 Å². The van der Waals surface area contributed by atoms with E-state index in [-0.39, 0.29) is 11.0 Å². The molecule has 1 aliphatic heterocycles. The van der Waals surface area contributed by atoms with Crippen LogP contribution in [0.25, 0.3) is 0 Å². The van der Waals surface area contributed by atoms with E-state index in [0.29, 0.717) is 0 Å². The van der Waals surface area contributed by atoms with E-state index in [0.717, 1.165) is 6.54 Å². The number of hydrogen-bond acceptors (Lipinski definition) is 2. The first-order valence-corrected chi connectivity index (χ1v) is 13.8. The second-order valence-corrected chi connectivity index (χ2v) is 14.6. The molecule has 0 radical (unpaired) electrons. The quantitative estimate of drug-likeness (QED) is 0.446. The molecule has 1 aliphatic rings. The zero-order chi connectivity index (χ0) is 21.4. The van der Waals surface area contributed by atoms with E-state index in [1.54, 1.807) is 0 Å². The molecule has 2 nitrogen and oxygen atoms in total. The Morgan fingerprint density at radius 3 is 1.80 bits per heavy atom. The Kier molecular flexibility index (Phi) is 5.37. The van der Waals surface area contributed by atoms with Gasteiger partial charge in [0.2, 0.25) is 0 Å². The minimum absolute atomic E-state index is 0.105. The van der Waals surface area contributed by atoms with Crippen LogP contribution < -0.4 is 5.32 Å². The SMILES string of the molecule is CC(C)(C)[Si](C)(C)OC(c1ccccc1)(c1ccccc1)C1CNc2ccccc21. The van der Waals surface area contributed by atoms with Crippen molar-refractivity contribution in [3.8, 4) is 0 Å². The highest BCUT2D eigenvalue weighted by molar-refractivity contribution is 6.74. The molecule has 0 saturated carbocycles. The third-order valence-electron chi connectivity index (χ3n) is 6.95. The van der Waals surface area contributed by atoms with E-state index >= 15 is 0 Å². The maximum absolute atomic E-state index is 7.50. The van der Waals surface area contributed by atoms with E-state index in [9.17, 15) is 0 Å². The zero-order valence-corrected chi connectivity index (χ0v) is 19.8. The molecule has 0 saturated heterocycles. The Morgan fingerprint density at radius 1 is 0.767 bits per heavy atom. The lowest BCUT2D eigenvalue weighted by Gasteiger charge is -2.49. The lowest BCUT2D eigenvalue weighted by molar-refractivity contribution is 0.0678. The standard InChI is InChI=1S/C27H33NOSi/c1-26(2,3)30(4,5)29-27(21-14-8-6-9-15-21,22-16-10-7-11-17-22)24-20-28-25-19-13-12-18-23(24)25/h6-19,24,28H,20H2,1-5H3. The van der Waals surface area contributed by atoms with Crippen molar-refractivity contribution < 1.29 is 4.43 Å². The Labute approximate surface area is 182 Å². The summed E-state index contributed by atoms with van der Waals surface area (Å²) in [6.45, 7) is 12.5. The number of nitrogens with one attached hydrogen (secondary N) is 1. The highest BCUT2D eigenvalue weighted by atomic mass is 28.4. The van der Waals surface area contributed by atoms with Gasteiger partial charge in [0.15, 0.2) is 8.32 Å². The van der Waals surface area contributed by atoms with Gasteiger partial charge in [-0.15, -0.1) is 0 Å². The highest BCUT2D eigenvalue weighted by Crippen LogP contribution is 2.53. The smallest absolute Gasteiger partial charge is 0.193 e. The second-order valence-electron chi connectivity index (χ2n) is 9.85. The fourth-order valence-electron chi connectivity index (χ4n) is 4.33. The topological polar surface area (TPSA) is 21.3 Å². The van der Waals surface area contributed by atoms with Crippen LogP contribution in [0.5, 0.6) is 0 Å². The van der Waals surface area contributed by atoms with Crippen LogP contribution in [0.3, 0.4) is 0 Å². The maximum Gasteiger partial charge on any atom is 0.193 e. The lowest BCUT2D eigenvalue weighted by Crippen LogP contribution is -2.51. The zero-order valence-electron chi connectivity index (χ0n) is 18.8. The summed E-state index contributed by atoms with van der Waals surface area (Å²) < 4.78 is 7.50. The van der Waals surface area contributed by atoms with E-state index in [1.807, 2.05) is 0 Å². The van der Waals surface area contributed by atoms with Crippen molar-refractivity contribution in [1.29, 1.82) is 0 Å². The minimum Gasteiger partial charge on any atom is -0.403 e. The van der Waals surface area contributed by atoms with Crippen molar-refractivity contribution in [2.75, 3.05) is 11.9 Å². The first kappa shape index (κ1) is 20.9. The Bertz CT molecular complexity index is 953. The molecular weight excluding hydrogens is 382 g/mol. The van der Waals surface area contributed by atoms with E-state index in [2.05, 4.69) is 124 Å². The van der Waals surface area contributed by atoms with Crippen molar-refractivity contribution in [3.63, 3.8) is 0 Å². The Morgan fingerprint density at radius 2 is 1.27 bits per heavy atom. The van der Waals surface area contributed by atoms with Crippen molar-refractivity contribution in [2.24, 2.45) is 0 Å². The van der Waals surface area contributed by atoms with Gasteiger partial charge in [-0.25, -0.2) is 0 Å². The van der Waals surface area contributed by atoms with Gasteiger partial charge in [0.1, 0.15) is 5.60 Å². The summed E-state index contributed by atoms with van der Waals surface area (Å²) in [7, 11) is -2.12. The van der Waals surface area contributed by atoms with E-state index in [1.165, 1.54) is 22.4 Å². The first-order valence-electron chi connectivity index (χ1n) is 10.9. The summed E-state index contributed by atoms with van der Waals surface area (Å²) >= 11 is 0.